The van der Waals surface area contributed by atoms with E-state index in [4.69, 9.17) is 0 Å². The van der Waals surface area contributed by atoms with Gasteiger partial charge < -0.3 is 9.51 Å². The van der Waals surface area contributed by atoms with Gasteiger partial charge in [-0.05, 0) is 31.0 Å². The number of aliphatic hydroxyl groups excluding tert-OH is 1. The maximum absolute atomic E-state index is 10.1. The van der Waals surface area contributed by atoms with Gasteiger partial charge in [-0.2, -0.15) is 0 Å². The first kappa shape index (κ1) is 12.9. The van der Waals surface area contributed by atoms with Gasteiger partial charge in [0.25, 0.3) is 0 Å². The molecule has 3 rings (SSSR count). The van der Waals surface area contributed by atoms with E-state index in [-0.39, 0.29) is 0 Å². The predicted molar refractivity (Wildman–Crippen MR) is 79.8 cm³/mol. The second-order valence-electron chi connectivity index (χ2n) is 5.22. The van der Waals surface area contributed by atoms with E-state index in [0.29, 0.717) is 0 Å². The Balaban J connectivity index is 2.12. The van der Waals surface area contributed by atoms with Crippen LogP contribution in [-0.4, -0.2) is 14.5 Å². The molecule has 1 atom stereocenters. The van der Waals surface area contributed by atoms with Crippen molar-refractivity contribution in [1.82, 2.24) is 9.38 Å². The number of benzene rings is 1. The largest absolute Gasteiger partial charge is 0.387 e. The first-order valence-electron chi connectivity index (χ1n) is 6.84. The van der Waals surface area contributed by atoms with Crippen molar-refractivity contribution in [3.8, 4) is 0 Å². The van der Waals surface area contributed by atoms with Crippen LogP contribution in [0.15, 0.2) is 48.7 Å². The molecule has 0 aliphatic heterocycles. The van der Waals surface area contributed by atoms with Crippen LogP contribution in [-0.2, 0) is 6.42 Å². The van der Waals surface area contributed by atoms with Gasteiger partial charge in [0.05, 0.1) is 17.5 Å². The SMILES string of the molecule is Cc1ccc2nc(Cc3ccccc3)c(C(C)O)n2c1. The molecule has 3 heteroatoms. The van der Waals surface area contributed by atoms with Crippen molar-refractivity contribution in [3.63, 3.8) is 0 Å². The van der Waals surface area contributed by atoms with Crippen LogP contribution < -0.4 is 0 Å². The highest BCUT2D eigenvalue weighted by Crippen LogP contribution is 2.23. The molecule has 1 aromatic carbocycles. The predicted octanol–water partition coefficient (Wildman–Crippen LogP) is 3.29. The molecular formula is C17H18N2O. The molecule has 1 unspecified atom stereocenters. The highest BCUT2D eigenvalue weighted by atomic mass is 16.3. The van der Waals surface area contributed by atoms with Crippen LogP contribution in [0.4, 0.5) is 0 Å². The summed E-state index contributed by atoms with van der Waals surface area (Å²) in [5, 5.41) is 10.1. The van der Waals surface area contributed by atoms with Crippen LogP contribution in [0.25, 0.3) is 5.65 Å². The van der Waals surface area contributed by atoms with Crippen molar-refractivity contribution >= 4 is 5.65 Å². The Labute approximate surface area is 118 Å². The number of imidazole rings is 1. The quantitative estimate of drug-likeness (QED) is 0.790. The van der Waals surface area contributed by atoms with Crippen molar-refractivity contribution in [1.29, 1.82) is 0 Å². The van der Waals surface area contributed by atoms with E-state index in [9.17, 15) is 5.11 Å². The number of aromatic nitrogens is 2. The second kappa shape index (κ2) is 5.10. The number of rotatable bonds is 3. The monoisotopic (exact) mass is 266 g/mol. The van der Waals surface area contributed by atoms with Crippen molar-refractivity contribution in [2.24, 2.45) is 0 Å². The molecule has 3 aromatic rings. The highest BCUT2D eigenvalue weighted by Gasteiger charge is 2.16. The van der Waals surface area contributed by atoms with Crippen molar-refractivity contribution in [2.75, 3.05) is 0 Å². The van der Waals surface area contributed by atoms with Gasteiger partial charge in [-0.3, -0.25) is 0 Å². The lowest BCUT2D eigenvalue weighted by molar-refractivity contribution is 0.192. The van der Waals surface area contributed by atoms with E-state index in [0.717, 1.165) is 29.0 Å². The molecule has 102 valence electrons. The summed E-state index contributed by atoms with van der Waals surface area (Å²) in [6.07, 6.45) is 2.23. The summed E-state index contributed by atoms with van der Waals surface area (Å²) in [6.45, 7) is 3.84. The minimum atomic E-state index is -0.537. The van der Waals surface area contributed by atoms with Crippen molar-refractivity contribution in [2.45, 2.75) is 26.4 Å². The molecule has 20 heavy (non-hydrogen) atoms. The van der Waals surface area contributed by atoms with Gasteiger partial charge in [-0.1, -0.05) is 36.4 Å². The molecule has 0 saturated carbocycles. The number of hydrogen-bond acceptors (Lipinski definition) is 2. The van der Waals surface area contributed by atoms with Crippen molar-refractivity contribution in [3.05, 3.63) is 71.2 Å². The fourth-order valence-electron chi connectivity index (χ4n) is 2.58. The van der Waals surface area contributed by atoms with Crippen LogP contribution in [0.2, 0.25) is 0 Å². The normalized spacial score (nSPS) is 12.8. The third kappa shape index (κ3) is 2.32. The zero-order valence-electron chi connectivity index (χ0n) is 11.7. The molecule has 0 aliphatic rings. The van der Waals surface area contributed by atoms with E-state index in [1.807, 2.05) is 47.9 Å². The van der Waals surface area contributed by atoms with Gasteiger partial charge in [-0.15, -0.1) is 0 Å². The Kier molecular flexibility index (Phi) is 3.28. The fraction of sp³-hybridized carbons (Fsp3) is 0.235. The number of pyridine rings is 1. The number of nitrogens with zero attached hydrogens (tertiary/aromatic N) is 2. The van der Waals surface area contributed by atoms with Crippen LogP contribution in [0, 0.1) is 6.92 Å². The summed E-state index contributed by atoms with van der Waals surface area (Å²) in [5.74, 6) is 0. The molecule has 0 fully saturated rings. The molecule has 0 saturated heterocycles. The van der Waals surface area contributed by atoms with Gasteiger partial charge in [0.2, 0.25) is 0 Å². The topological polar surface area (TPSA) is 37.5 Å². The second-order valence-corrected chi connectivity index (χ2v) is 5.22. The van der Waals surface area contributed by atoms with E-state index in [2.05, 4.69) is 17.1 Å². The van der Waals surface area contributed by atoms with Crippen LogP contribution in [0.3, 0.4) is 0 Å². The Morgan fingerprint density at radius 2 is 1.90 bits per heavy atom. The fourth-order valence-corrected chi connectivity index (χ4v) is 2.58. The van der Waals surface area contributed by atoms with E-state index < -0.39 is 6.10 Å². The maximum Gasteiger partial charge on any atom is 0.137 e. The Morgan fingerprint density at radius 3 is 2.60 bits per heavy atom. The third-order valence-corrected chi connectivity index (χ3v) is 3.49. The van der Waals surface area contributed by atoms with Gasteiger partial charge in [0.1, 0.15) is 5.65 Å². The molecule has 1 N–H and O–H groups in total. The number of aliphatic hydroxyl groups is 1. The van der Waals surface area contributed by atoms with Crippen molar-refractivity contribution < 1.29 is 5.11 Å². The lowest BCUT2D eigenvalue weighted by atomic mass is 10.1. The lowest BCUT2D eigenvalue weighted by Crippen LogP contribution is -2.02. The minimum absolute atomic E-state index is 0.537. The molecule has 3 nitrogen and oxygen atoms in total. The summed E-state index contributed by atoms with van der Waals surface area (Å²) in [7, 11) is 0. The average molecular weight is 266 g/mol. The third-order valence-electron chi connectivity index (χ3n) is 3.49. The first-order valence-corrected chi connectivity index (χ1v) is 6.84. The summed E-state index contributed by atoms with van der Waals surface area (Å²) < 4.78 is 2.00. The van der Waals surface area contributed by atoms with Crippen LogP contribution >= 0.6 is 0 Å². The Morgan fingerprint density at radius 1 is 1.15 bits per heavy atom. The minimum Gasteiger partial charge on any atom is -0.387 e. The van der Waals surface area contributed by atoms with E-state index in [1.165, 1.54) is 5.56 Å². The molecule has 0 bridgehead atoms. The summed E-state index contributed by atoms with van der Waals surface area (Å²) >= 11 is 0. The van der Waals surface area contributed by atoms with Gasteiger partial charge in [-0.25, -0.2) is 4.98 Å². The first-order chi connectivity index (χ1) is 9.65. The van der Waals surface area contributed by atoms with Gasteiger partial charge >= 0.3 is 0 Å². The van der Waals surface area contributed by atoms with Gasteiger partial charge in [0, 0.05) is 12.6 Å². The summed E-state index contributed by atoms with van der Waals surface area (Å²) in [6, 6.07) is 14.3. The standard InChI is InChI=1S/C17H18N2O/c1-12-8-9-16-18-15(10-14-6-4-3-5-7-14)17(13(2)20)19(16)11-12/h3-9,11,13,20H,10H2,1-2H3. The molecular weight excluding hydrogens is 248 g/mol. The zero-order chi connectivity index (χ0) is 14.1. The van der Waals surface area contributed by atoms with Crippen LogP contribution in [0.5, 0.6) is 0 Å². The molecule has 0 aliphatic carbocycles. The average Bonchev–Trinajstić information content (AvgIpc) is 2.77. The molecule has 2 heterocycles. The van der Waals surface area contributed by atoms with E-state index >= 15 is 0 Å². The summed E-state index contributed by atoms with van der Waals surface area (Å²) in [4.78, 5) is 4.67. The molecule has 0 spiro atoms. The Hall–Kier alpha value is -2.13. The Bertz CT molecular complexity index is 729. The number of fused-ring (bicyclic) bond motifs is 1. The van der Waals surface area contributed by atoms with Crippen LogP contribution in [0.1, 0.15) is 35.5 Å². The lowest BCUT2D eigenvalue weighted by Gasteiger charge is -2.08. The van der Waals surface area contributed by atoms with E-state index in [1.54, 1.807) is 6.92 Å². The number of hydrogen-bond donors (Lipinski definition) is 1. The maximum atomic E-state index is 10.1. The smallest absolute Gasteiger partial charge is 0.137 e. The summed E-state index contributed by atoms with van der Waals surface area (Å²) in [5.41, 5.74) is 5.07. The molecule has 2 aromatic heterocycles. The molecule has 0 radical (unpaired) electrons. The van der Waals surface area contributed by atoms with Gasteiger partial charge in [0.15, 0.2) is 0 Å². The highest BCUT2D eigenvalue weighted by molar-refractivity contribution is 5.46. The zero-order valence-corrected chi connectivity index (χ0v) is 11.7. The molecule has 0 amide bonds. The number of aryl methyl sites for hydroxylation is 1.